The zero-order valence-corrected chi connectivity index (χ0v) is 9.08. The maximum absolute atomic E-state index is 6.06. The van der Waals surface area contributed by atoms with Crippen LogP contribution in [-0.2, 0) is 12.8 Å². The highest BCUT2D eigenvalue weighted by Crippen LogP contribution is 2.03. The summed E-state index contributed by atoms with van der Waals surface area (Å²) in [5.41, 5.74) is 8.12. The van der Waals surface area contributed by atoms with E-state index in [4.69, 9.17) is 5.73 Å². The Bertz CT molecular complexity index is 372. The van der Waals surface area contributed by atoms with Crippen LogP contribution in [0, 0.1) is 0 Å². The van der Waals surface area contributed by atoms with Gasteiger partial charge < -0.3 is 5.73 Å². The third kappa shape index (κ3) is 3.14. The lowest BCUT2D eigenvalue weighted by Crippen LogP contribution is -2.26. The van der Waals surface area contributed by atoms with Crippen LogP contribution in [0.4, 0.5) is 0 Å². The molecule has 2 heterocycles. The van der Waals surface area contributed by atoms with Gasteiger partial charge in [-0.15, -0.1) is 0 Å². The Morgan fingerprint density at radius 2 is 1.38 bits per heavy atom. The molecule has 3 nitrogen and oxygen atoms in total. The van der Waals surface area contributed by atoms with Gasteiger partial charge in [-0.05, 0) is 24.3 Å². The molecule has 0 saturated heterocycles. The first-order chi connectivity index (χ1) is 7.84. The first-order valence-electron chi connectivity index (χ1n) is 5.40. The lowest BCUT2D eigenvalue weighted by Gasteiger charge is -2.10. The maximum atomic E-state index is 6.06. The van der Waals surface area contributed by atoms with Crippen molar-refractivity contribution in [1.29, 1.82) is 0 Å². The fourth-order valence-electron chi connectivity index (χ4n) is 1.65. The first kappa shape index (κ1) is 10.8. The summed E-state index contributed by atoms with van der Waals surface area (Å²) in [7, 11) is 0. The van der Waals surface area contributed by atoms with Gasteiger partial charge in [-0.2, -0.15) is 0 Å². The Hall–Kier alpha value is -1.74. The smallest absolute Gasteiger partial charge is 0.0419 e. The van der Waals surface area contributed by atoms with E-state index in [1.165, 1.54) is 0 Å². The van der Waals surface area contributed by atoms with Crippen molar-refractivity contribution in [3.05, 3.63) is 60.2 Å². The summed E-state index contributed by atoms with van der Waals surface area (Å²) >= 11 is 0. The van der Waals surface area contributed by atoms with Crippen LogP contribution in [0.25, 0.3) is 0 Å². The van der Waals surface area contributed by atoms with Crippen LogP contribution in [0.2, 0.25) is 0 Å². The number of aromatic nitrogens is 2. The number of pyridine rings is 2. The standard InChI is InChI=1S/C13H15N3/c14-11(9-12-5-1-3-7-15-12)10-13-6-2-4-8-16-13/h1-8,11H,9-10,14H2. The minimum absolute atomic E-state index is 0.0739. The second kappa shape index (κ2) is 5.37. The van der Waals surface area contributed by atoms with Crippen molar-refractivity contribution in [3.8, 4) is 0 Å². The molecular formula is C13H15N3. The van der Waals surface area contributed by atoms with E-state index in [1.54, 1.807) is 12.4 Å². The third-order valence-electron chi connectivity index (χ3n) is 2.39. The van der Waals surface area contributed by atoms with Crippen molar-refractivity contribution < 1.29 is 0 Å². The summed E-state index contributed by atoms with van der Waals surface area (Å²) in [5.74, 6) is 0. The molecule has 3 heteroatoms. The van der Waals surface area contributed by atoms with Gasteiger partial charge in [0, 0.05) is 42.7 Å². The number of hydrogen-bond donors (Lipinski definition) is 1. The predicted molar refractivity (Wildman–Crippen MR) is 63.9 cm³/mol. The lowest BCUT2D eigenvalue weighted by atomic mass is 10.1. The topological polar surface area (TPSA) is 51.8 Å². The van der Waals surface area contributed by atoms with Crippen LogP contribution in [-0.4, -0.2) is 16.0 Å². The molecule has 16 heavy (non-hydrogen) atoms. The molecule has 0 unspecified atom stereocenters. The second-order valence-corrected chi connectivity index (χ2v) is 3.81. The SMILES string of the molecule is NC(Cc1ccccn1)Cc1ccccn1. The lowest BCUT2D eigenvalue weighted by molar-refractivity contribution is 0.644. The molecule has 2 rings (SSSR count). The van der Waals surface area contributed by atoms with Crippen LogP contribution in [0.5, 0.6) is 0 Å². The fourth-order valence-corrected chi connectivity index (χ4v) is 1.65. The molecule has 0 aliphatic heterocycles. The van der Waals surface area contributed by atoms with E-state index in [0.717, 1.165) is 24.2 Å². The maximum Gasteiger partial charge on any atom is 0.0419 e. The largest absolute Gasteiger partial charge is 0.327 e. The van der Waals surface area contributed by atoms with Gasteiger partial charge >= 0.3 is 0 Å². The normalized spacial score (nSPS) is 10.6. The van der Waals surface area contributed by atoms with Gasteiger partial charge in [0.1, 0.15) is 0 Å². The molecular weight excluding hydrogens is 198 g/mol. The third-order valence-corrected chi connectivity index (χ3v) is 2.39. The van der Waals surface area contributed by atoms with E-state index in [1.807, 2.05) is 36.4 Å². The minimum Gasteiger partial charge on any atom is -0.327 e. The summed E-state index contributed by atoms with van der Waals surface area (Å²) in [5, 5.41) is 0. The fraction of sp³-hybridized carbons (Fsp3) is 0.231. The number of nitrogens with zero attached hydrogens (tertiary/aromatic N) is 2. The zero-order chi connectivity index (χ0) is 11.2. The van der Waals surface area contributed by atoms with Crippen LogP contribution in [0.1, 0.15) is 11.4 Å². The van der Waals surface area contributed by atoms with Gasteiger partial charge in [-0.25, -0.2) is 0 Å². The van der Waals surface area contributed by atoms with Crippen molar-refractivity contribution in [1.82, 2.24) is 9.97 Å². The molecule has 2 aromatic heterocycles. The average Bonchev–Trinajstić information content (AvgIpc) is 2.31. The van der Waals surface area contributed by atoms with Crippen molar-refractivity contribution in [2.75, 3.05) is 0 Å². The number of rotatable bonds is 4. The van der Waals surface area contributed by atoms with E-state index in [9.17, 15) is 0 Å². The van der Waals surface area contributed by atoms with Crippen molar-refractivity contribution in [2.24, 2.45) is 5.73 Å². The Labute approximate surface area is 95.4 Å². The van der Waals surface area contributed by atoms with E-state index in [0.29, 0.717) is 0 Å². The molecule has 0 spiro atoms. The molecule has 0 bridgehead atoms. The Balaban J connectivity index is 1.92. The highest BCUT2D eigenvalue weighted by Gasteiger charge is 2.06. The van der Waals surface area contributed by atoms with Crippen LogP contribution in [0.15, 0.2) is 48.8 Å². The Morgan fingerprint density at radius 3 is 1.75 bits per heavy atom. The molecule has 0 saturated carbocycles. The summed E-state index contributed by atoms with van der Waals surface area (Å²) < 4.78 is 0. The molecule has 0 radical (unpaired) electrons. The molecule has 0 aliphatic carbocycles. The molecule has 0 atom stereocenters. The number of hydrogen-bond acceptors (Lipinski definition) is 3. The van der Waals surface area contributed by atoms with E-state index in [2.05, 4.69) is 9.97 Å². The van der Waals surface area contributed by atoms with Crippen LogP contribution < -0.4 is 5.73 Å². The molecule has 0 aliphatic rings. The van der Waals surface area contributed by atoms with Crippen LogP contribution in [0.3, 0.4) is 0 Å². The van der Waals surface area contributed by atoms with E-state index < -0.39 is 0 Å². The van der Waals surface area contributed by atoms with Crippen molar-refractivity contribution in [3.63, 3.8) is 0 Å². The van der Waals surface area contributed by atoms with Crippen molar-refractivity contribution >= 4 is 0 Å². The summed E-state index contributed by atoms with van der Waals surface area (Å²) in [6, 6.07) is 11.9. The van der Waals surface area contributed by atoms with Crippen LogP contribution >= 0.6 is 0 Å². The van der Waals surface area contributed by atoms with E-state index in [-0.39, 0.29) is 6.04 Å². The molecule has 2 aromatic rings. The minimum atomic E-state index is 0.0739. The Morgan fingerprint density at radius 1 is 0.875 bits per heavy atom. The summed E-state index contributed by atoms with van der Waals surface area (Å²) in [4.78, 5) is 8.52. The highest BCUT2D eigenvalue weighted by molar-refractivity contribution is 5.09. The molecule has 0 amide bonds. The van der Waals surface area contributed by atoms with Gasteiger partial charge in [0.15, 0.2) is 0 Å². The molecule has 82 valence electrons. The summed E-state index contributed by atoms with van der Waals surface area (Å²) in [6.07, 6.45) is 5.17. The second-order valence-electron chi connectivity index (χ2n) is 3.81. The van der Waals surface area contributed by atoms with E-state index >= 15 is 0 Å². The Kier molecular flexibility index (Phi) is 3.62. The summed E-state index contributed by atoms with van der Waals surface area (Å²) in [6.45, 7) is 0. The van der Waals surface area contributed by atoms with Gasteiger partial charge in [-0.3, -0.25) is 9.97 Å². The predicted octanol–water partition coefficient (Wildman–Crippen LogP) is 1.59. The quantitative estimate of drug-likeness (QED) is 0.839. The molecule has 0 fully saturated rings. The first-order valence-corrected chi connectivity index (χ1v) is 5.40. The molecule has 2 N–H and O–H groups in total. The van der Waals surface area contributed by atoms with Gasteiger partial charge in [-0.1, -0.05) is 12.1 Å². The van der Waals surface area contributed by atoms with Crippen molar-refractivity contribution in [2.45, 2.75) is 18.9 Å². The average molecular weight is 213 g/mol. The van der Waals surface area contributed by atoms with Gasteiger partial charge in [0.05, 0.1) is 0 Å². The monoisotopic (exact) mass is 213 g/mol. The van der Waals surface area contributed by atoms with Gasteiger partial charge in [0.2, 0.25) is 0 Å². The van der Waals surface area contributed by atoms with Gasteiger partial charge in [0.25, 0.3) is 0 Å². The number of nitrogens with two attached hydrogens (primary N) is 1. The molecule has 0 aromatic carbocycles. The zero-order valence-electron chi connectivity index (χ0n) is 9.08. The highest BCUT2D eigenvalue weighted by atomic mass is 14.7.